The molecule has 0 fully saturated rings. The van der Waals surface area contributed by atoms with E-state index in [9.17, 15) is 13.2 Å². The molecule has 0 spiro atoms. The number of nitrogens with zero attached hydrogens (tertiary/aromatic N) is 1. The van der Waals surface area contributed by atoms with Gasteiger partial charge in [0, 0.05) is 12.5 Å². The Morgan fingerprint density at radius 1 is 1.27 bits per heavy atom. The second-order valence-corrected chi connectivity index (χ2v) is 7.01. The summed E-state index contributed by atoms with van der Waals surface area (Å²) in [7, 11) is -2.04. The molecule has 0 aromatic carbocycles. The Balaban J connectivity index is 4.66. The van der Waals surface area contributed by atoms with Gasteiger partial charge in [0.1, 0.15) is 0 Å². The molecule has 0 saturated heterocycles. The van der Waals surface area contributed by atoms with Crippen LogP contribution in [0.15, 0.2) is 0 Å². The van der Waals surface area contributed by atoms with Gasteiger partial charge in [-0.05, 0) is 13.8 Å². The molecular formula is C9H20N2O3S. The van der Waals surface area contributed by atoms with E-state index in [2.05, 4.69) is 4.83 Å². The highest BCUT2D eigenvalue weighted by atomic mass is 32.2. The maximum atomic E-state index is 11.7. The standard InChI is InChI=1S/C9H20N2O3S/c1-7(2)15(13,14)10-11(6)8(12)9(3,4)5/h7,10H,1-6H3. The molecule has 0 rings (SSSR count). The maximum Gasteiger partial charge on any atom is 0.242 e. The second kappa shape index (κ2) is 4.49. The van der Waals surface area contributed by atoms with Crippen LogP contribution in [0, 0.1) is 5.41 Å². The van der Waals surface area contributed by atoms with E-state index in [-0.39, 0.29) is 5.91 Å². The number of hydrogen-bond donors (Lipinski definition) is 1. The van der Waals surface area contributed by atoms with Crippen molar-refractivity contribution in [2.75, 3.05) is 7.05 Å². The van der Waals surface area contributed by atoms with Crippen molar-refractivity contribution in [1.82, 2.24) is 9.84 Å². The summed E-state index contributed by atoms with van der Waals surface area (Å²) in [6.45, 7) is 8.30. The highest BCUT2D eigenvalue weighted by Crippen LogP contribution is 2.15. The summed E-state index contributed by atoms with van der Waals surface area (Å²) in [6.07, 6.45) is 0. The smallest absolute Gasteiger partial charge is 0.242 e. The van der Waals surface area contributed by atoms with Gasteiger partial charge in [0.2, 0.25) is 15.9 Å². The Morgan fingerprint density at radius 3 is 1.93 bits per heavy atom. The van der Waals surface area contributed by atoms with Gasteiger partial charge >= 0.3 is 0 Å². The van der Waals surface area contributed by atoms with E-state index in [1.807, 2.05) is 0 Å². The van der Waals surface area contributed by atoms with E-state index in [0.29, 0.717) is 0 Å². The molecule has 0 saturated carbocycles. The van der Waals surface area contributed by atoms with Crippen LogP contribution in [0.4, 0.5) is 0 Å². The van der Waals surface area contributed by atoms with Crippen LogP contribution in [-0.4, -0.2) is 31.6 Å². The molecular weight excluding hydrogens is 216 g/mol. The maximum absolute atomic E-state index is 11.7. The third-order valence-corrected chi connectivity index (χ3v) is 3.60. The van der Waals surface area contributed by atoms with Crippen molar-refractivity contribution in [3.63, 3.8) is 0 Å². The fraction of sp³-hybridized carbons (Fsp3) is 0.889. The molecule has 0 atom stereocenters. The summed E-state index contributed by atoms with van der Waals surface area (Å²) in [4.78, 5) is 13.9. The molecule has 0 aromatic heterocycles. The molecule has 1 N–H and O–H groups in total. The molecule has 1 amide bonds. The van der Waals surface area contributed by atoms with Crippen LogP contribution in [0.3, 0.4) is 0 Å². The Labute approximate surface area is 91.9 Å². The first-order valence-electron chi connectivity index (χ1n) is 4.78. The molecule has 0 radical (unpaired) electrons. The van der Waals surface area contributed by atoms with Gasteiger partial charge < -0.3 is 0 Å². The summed E-state index contributed by atoms with van der Waals surface area (Å²) in [5.41, 5.74) is -0.603. The average Bonchev–Trinajstić information content (AvgIpc) is 2.00. The number of hydrazine groups is 1. The van der Waals surface area contributed by atoms with Gasteiger partial charge in [0.15, 0.2) is 0 Å². The fourth-order valence-electron chi connectivity index (χ4n) is 0.841. The second-order valence-electron chi connectivity index (χ2n) is 4.80. The molecule has 0 aliphatic rings. The lowest BCUT2D eigenvalue weighted by Crippen LogP contribution is -2.49. The number of nitrogens with one attached hydrogen (secondary N) is 1. The first-order chi connectivity index (χ1) is 6.48. The molecule has 0 bridgehead atoms. The average molecular weight is 236 g/mol. The summed E-state index contributed by atoms with van der Waals surface area (Å²) < 4.78 is 22.9. The normalized spacial score (nSPS) is 13.0. The number of rotatable bonds is 3. The van der Waals surface area contributed by atoms with E-state index < -0.39 is 20.7 Å². The van der Waals surface area contributed by atoms with Crippen LogP contribution < -0.4 is 4.83 Å². The lowest BCUT2D eigenvalue weighted by molar-refractivity contribution is -0.139. The van der Waals surface area contributed by atoms with Gasteiger partial charge in [-0.15, -0.1) is 4.83 Å². The van der Waals surface area contributed by atoms with Crippen LogP contribution in [0.5, 0.6) is 0 Å². The number of amides is 1. The zero-order chi connectivity index (χ0) is 12.4. The Kier molecular flexibility index (Phi) is 4.30. The minimum Gasteiger partial charge on any atom is -0.273 e. The van der Waals surface area contributed by atoms with Crippen molar-refractivity contribution >= 4 is 15.9 Å². The molecule has 6 heteroatoms. The zero-order valence-corrected chi connectivity index (χ0v) is 11.0. The Bertz CT molecular complexity index is 328. The summed E-state index contributed by atoms with van der Waals surface area (Å²) >= 11 is 0. The van der Waals surface area contributed by atoms with Crippen molar-refractivity contribution in [3.8, 4) is 0 Å². The monoisotopic (exact) mass is 236 g/mol. The van der Waals surface area contributed by atoms with E-state index in [1.165, 1.54) is 7.05 Å². The molecule has 0 aliphatic carbocycles. The van der Waals surface area contributed by atoms with Crippen molar-refractivity contribution in [2.45, 2.75) is 39.9 Å². The van der Waals surface area contributed by atoms with Crippen molar-refractivity contribution in [1.29, 1.82) is 0 Å². The molecule has 0 unspecified atom stereocenters. The highest BCUT2D eigenvalue weighted by Gasteiger charge is 2.28. The van der Waals surface area contributed by atoms with Crippen molar-refractivity contribution < 1.29 is 13.2 Å². The van der Waals surface area contributed by atoms with E-state index in [0.717, 1.165) is 5.01 Å². The quantitative estimate of drug-likeness (QED) is 0.735. The van der Waals surface area contributed by atoms with Crippen LogP contribution in [0.1, 0.15) is 34.6 Å². The SMILES string of the molecule is CC(C)S(=O)(=O)NN(C)C(=O)C(C)(C)C. The predicted molar refractivity (Wildman–Crippen MR) is 59.4 cm³/mol. The number of sulfonamides is 1. The topological polar surface area (TPSA) is 66.5 Å². The zero-order valence-electron chi connectivity index (χ0n) is 10.2. The number of carbonyl (C=O) groups excluding carboxylic acids is 1. The lowest BCUT2D eigenvalue weighted by atomic mass is 9.96. The molecule has 90 valence electrons. The minimum absolute atomic E-state index is 0.272. The van der Waals surface area contributed by atoms with E-state index in [1.54, 1.807) is 34.6 Å². The molecule has 15 heavy (non-hydrogen) atoms. The Hall–Kier alpha value is -0.620. The van der Waals surface area contributed by atoms with E-state index in [4.69, 9.17) is 0 Å². The first-order valence-corrected chi connectivity index (χ1v) is 6.32. The van der Waals surface area contributed by atoms with Crippen LogP contribution in [0.2, 0.25) is 0 Å². The minimum atomic E-state index is -3.45. The number of hydrogen-bond acceptors (Lipinski definition) is 3. The summed E-state index contributed by atoms with van der Waals surface area (Å²) in [5.74, 6) is -0.272. The third-order valence-electron chi connectivity index (χ3n) is 1.83. The van der Waals surface area contributed by atoms with Gasteiger partial charge in [-0.3, -0.25) is 9.80 Å². The number of carbonyl (C=O) groups is 1. The summed E-state index contributed by atoms with van der Waals surface area (Å²) in [6, 6.07) is 0. The van der Waals surface area contributed by atoms with E-state index >= 15 is 0 Å². The lowest BCUT2D eigenvalue weighted by Gasteiger charge is -2.26. The first kappa shape index (κ1) is 14.4. The Morgan fingerprint density at radius 2 is 1.67 bits per heavy atom. The van der Waals surface area contributed by atoms with Gasteiger partial charge in [-0.2, -0.15) is 0 Å². The summed E-state index contributed by atoms with van der Waals surface area (Å²) in [5, 5.41) is 0.461. The van der Waals surface area contributed by atoms with Crippen molar-refractivity contribution in [2.24, 2.45) is 5.41 Å². The fourth-order valence-corrected chi connectivity index (χ4v) is 1.52. The highest BCUT2D eigenvalue weighted by molar-refractivity contribution is 7.90. The van der Waals surface area contributed by atoms with Crippen LogP contribution >= 0.6 is 0 Å². The van der Waals surface area contributed by atoms with Crippen LogP contribution in [0.25, 0.3) is 0 Å². The van der Waals surface area contributed by atoms with Gasteiger partial charge in [-0.1, -0.05) is 20.8 Å². The largest absolute Gasteiger partial charge is 0.273 e. The molecule has 0 aliphatic heterocycles. The third kappa shape index (κ3) is 4.17. The van der Waals surface area contributed by atoms with Crippen molar-refractivity contribution in [3.05, 3.63) is 0 Å². The molecule has 5 nitrogen and oxygen atoms in total. The molecule has 0 heterocycles. The predicted octanol–water partition coefficient (Wildman–Crippen LogP) is 0.734. The van der Waals surface area contributed by atoms with Crippen LogP contribution in [-0.2, 0) is 14.8 Å². The van der Waals surface area contributed by atoms with Gasteiger partial charge in [0.05, 0.1) is 5.25 Å². The molecule has 0 aromatic rings. The van der Waals surface area contributed by atoms with Gasteiger partial charge in [-0.25, -0.2) is 8.42 Å². The van der Waals surface area contributed by atoms with Gasteiger partial charge in [0.25, 0.3) is 0 Å².